The first kappa shape index (κ1) is 18.4. The van der Waals surface area contributed by atoms with Crippen LogP contribution in [0.2, 0.25) is 5.02 Å². The Kier molecular flexibility index (Phi) is 5.29. The van der Waals surface area contributed by atoms with Crippen molar-refractivity contribution >= 4 is 23.5 Å². The van der Waals surface area contributed by atoms with Crippen molar-refractivity contribution in [2.45, 2.75) is 12.8 Å². The third-order valence-corrected chi connectivity index (χ3v) is 5.02. The Labute approximate surface area is 155 Å². The number of ether oxygens (including phenoxy) is 1. The molecule has 2 aromatic rings. The summed E-state index contributed by atoms with van der Waals surface area (Å²) in [5.74, 6) is -1.29. The van der Waals surface area contributed by atoms with Crippen molar-refractivity contribution in [2.24, 2.45) is 12.5 Å². The third kappa shape index (κ3) is 3.59. The molecule has 0 bridgehead atoms. The van der Waals surface area contributed by atoms with E-state index >= 15 is 0 Å². The Morgan fingerprint density at radius 1 is 1.35 bits per heavy atom. The lowest BCUT2D eigenvalue weighted by Crippen LogP contribution is -2.46. The van der Waals surface area contributed by atoms with Gasteiger partial charge < -0.3 is 15.2 Å². The van der Waals surface area contributed by atoms with E-state index in [9.17, 15) is 14.7 Å². The van der Waals surface area contributed by atoms with Crippen molar-refractivity contribution in [1.29, 1.82) is 0 Å². The molecule has 0 radical (unpaired) electrons. The predicted octanol–water partition coefficient (Wildman–Crippen LogP) is 2.35. The highest BCUT2D eigenvalue weighted by atomic mass is 35.5. The number of carbonyl (C=O) groups is 2. The molecule has 0 unspecified atom stereocenters. The minimum absolute atomic E-state index is 0.0430. The van der Waals surface area contributed by atoms with E-state index in [1.54, 1.807) is 31.4 Å². The summed E-state index contributed by atoms with van der Waals surface area (Å²) in [4.78, 5) is 24.5. The number of aliphatic carboxylic acids is 1. The molecule has 1 aromatic carbocycles. The lowest BCUT2D eigenvalue weighted by Gasteiger charge is -2.33. The van der Waals surface area contributed by atoms with E-state index in [1.165, 1.54) is 4.68 Å². The number of aromatic nitrogens is 2. The van der Waals surface area contributed by atoms with Crippen molar-refractivity contribution in [1.82, 2.24) is 15.1 Å². The van der Waals surface area contributed by atoms with E-state index in [0.29, 0.717) is 47.9 Å². The molecule has 2 N–H and O–H groups in total. The van der Waals surface area contributed by atoms with Crippen LogP contribution in [0.5, 0.6) is 0 Å². The molecule has 26 heavy (non-hydrogen) atoms. The Bertz CT molecular complexity index is 828. The number of carboxylic acid groups (broad SMARTS) is 1. The smallest absolute Gasteiger partial charge is 0.311 e. The van der Waals surface area contributed by atoms with Gasteiger partial charge in [0.1, 0.15) is 5.69 Å². The van der Waals surface area contributed by atoms with Gasteiger partial charge in [-0.3, -0.25) is 14.3 Å². The highest BCUT2D eigenvalue weighted by Crippen LogP contribution is 2.31. The summed E-state index contributed by atoms with van der Waals surface area (Å²) in [6, 6.07) is 7.14. The monoisotopic (exact) mass is 377 g/mol. The molecule has 1 aromatic heterocycles. The molecule has 7 nitrogen and oxygen atoms in total. The van der Waals surface area contributed by atoms with Crippen LogP contribution < -0.4 is 5.32 Å². The topological polar surface area (TPSA) is 93.5 Å². The van der Waals surface area contributed by atoms with Crippen LogP contribution in [0, 0.1) is 5.41 Å². The highest BCUT2D eigenvalue weighted by molar-refractivity contribution is 6.33. The molecule has 1 aliphatic heterocycles. The largest absolute Gasteiger partial charge is 0.481 e. The molecule has 138 valence electrons. The second-order valence-corrected chi connectivity index (χ2v) is 6.83. The number of amides is 1. The standard InChI is InChI=1S/C18H20ClN3O4/c1-22-10-13(15(21-22)12-4-2-3-5-14(12)19)16(23)20-11-18(17(24)25)6-8-26-9-7-18/h2-5,10H,6-9,11H2,1H3,(H,20,23)(H,24,25). The van der Waals surface area contributed by atoms with E-state index in [-0.39, 0.29) is 12.5 Å². The van der Waals surface area contributed by atoms with Crippen molar-refractivity contribution in [3.63, 3.8) is 0 Å². The lowest BCUT2D eigenvalue weighted by atomic mass is 9.80. The second kappa shape index (κ2) is 7.47. The molecular weight excluding hydrogens is 358 g/mol. The van der Waals surface area contributed by atoms with Crippen molar-refractivity contribution in [3.05, 3.63) is 41.0 Å². The van der Waals surface area contributed by atoms with Crippen LogP contribution >= 0.6 is 11.6 Å². The van der Waals surface area contributed by atoms with Gasteiger partial charge in [-0.15, -0.1) is 0 Å². The molecule has 1 amide bonds. The van der Waals surface area contributed by atoms with Gasteiger partial charge in [-0.05, 0) is 18.9 Å². The number of nitrogens with one attached hydrogen (secondary N) is 1. The molecule has 1 fully saturated rings. The summed E-state index contributed by atoms with van der Waals surface area (Å²) >= 11 is 6.23. The molecule has 0 spiro atoms. The first-order chi connectivity index (χ1) is 12.4. The SMILES string of the molecule is Cn1cc(C(=O)NCC2(C(=O)O)CCOCC2)c(-c2ccccc2Cl)n1. The number of hydrogen-bond acceptors (Lipinski definition) is 4. The first-order valence-corrected chi connectivity index (χ1v) is 8.69. The van der Waals surface area contributed by atoms with E-state index in [0.717, 1.165) is 0 Å². The van der Waals surface area contributed by atoms with E-state index < -0.39 is 11.4 Å². The Morgan fingerprint density at radius 3 is 2.69 bits per heavy atom. The quantitative estimate of drug-likeness (QED) is 0.834. The zero-order chi connectivity index (χ0) is 18.7. The van der Waals surface area contributed by atoms with Crippen molar-refractivity contribution in [3.8, 4) is 11.3 Å². The average molecular weight is 378 g/mol. The van der Waals surface area contributed by atoms with Gasteiger partial charge in [0.05, 0.1) is 16.0 Å². The number of carbonyl (C=O) groups excluding carboxylic acids is 1. The van der Waals surface area contributed by atoms with E-state index in [1.807, 2.05) is 6.07 Å². The van der Waals surface area contributed by atoms with Gasteiger partial charge in [0.25, 0.3) is 5.91 Å². The molecule has 1 aliphatic rings. The molecular formula is C18H20ClN3O4. The number of benzene rings is 1. The second-order valence-electron chi connectivity index (χ2n) is 6.43. The van der Waals surface area contributed by atoms with E-state index in [2.05, 4.69) is 10.4 Å². The summed E-state index contributed by atoms with van der Waals surface area (Å²) in [6.45, 7) is 0.793. The number of hydrogen-bond donors (Lipinski definition) is 2. The normalized spacial score (nSPS) is 16.2. The van der Waals surface area contributed by atoms with Gasteiger partial charge in [-0.2, -0.15) is 5.10 Å². The van der Waals surface area contributed by atoms with Gasteiger partial charge in [0.2, 0.25) is 0 Å². The van der Waals surface area contributed by atoms with Gasteiger partial charge in [-0.25, -0.2) is 0 Å². The summed E-state index contributed by atoms with van der Waals surface area (Å²) in [6.07, 6.45) is 2.34. The van der Waals surface area contributed by atoms with Gasteiger partial charge in [0, 0.05) is 38.6 Å². The molecule has 0 aliphatic carbocycles. The Balaban J connectivity index is 1.83. The zero-order valence-electron chi connectivity index (χ0n) is 14.4. The average Bonchev–Trinajstić information content (AvgIpc) is 3.02. The van der Waals surface area contributed by atoms with Crippen LogP contribution in [0.25, 0.3) is 11.3 Å². The highest BCUT2D eigenvalue weighted by Gasteiger charge is 2.40. The van der Waals surface area contributed by atoms with Gasteiger partial charge in [-0.1, -0.05) is 29.8 Å². The summed E-state index contributed by atoms with van der Waals surface area (Å²) < 4.78 is 6.79. The van der Waals surface area contributed by atoms with Crippen LogP contribution in [-0.2, 0) is 16.6 Å². The Hall–Kier alpha value is -2.38. The van der Waals surface area contributed by atoms with Gasteiger partial charge >= 0.3 is 5.97 Å². The van der Waals surface area contributed by atoms with Crippen LogP contribution in [0.3, 0.4) is 0 Å². The minimum Gasteiger partial charge on any atom is -0.481 e. The number of nitrogens with zero attached hydrogens (tertiary/aromatic N) is 2. The Morgan fingerprint density at radius 2 is 2.04 bits per heavy atom. The number of aryl methyl sites for hydroxylation is 1. The minimum atomic E-state index is -0.999. The fraction of sp³-hybridized carbons (Fsp3) is 0.389. The predicted molar refractivity (Wildman–Crippen MR) is 96.1 cm³/mol. The maximum Gasteiger partial charge on any atom is 0.311 e. The third-order valence-electron chi connectivity index (χ3n) is 4.69. The summed E-state index contributed by atoms with van der Waals surface area (Å²) in [5.41, 5.74) is 0.472. The number of carboxylic acids is 1. The van der Waals surface area contributed by atoms with Crippen LogP contribution in [-0.4, -0.2) is 46.5 Å². The molecule has 1 saturated heterocycles. The lowest BCUT2D eigenvalue weighted by molar-refractivity contribution is -0.154. The van der Waals surface area contributed by atoms with Crippen molar-refractivity contribution < 1.29 is 19.4 Å². The zero-order valence-corrected chi connectivity index (χ0v) is 15.1. The maximum absolute atomic E-state index is 12.7. The maximum atomic E-state index is 12.7. The molecule has 3 rings (SSSR count). The summed E-state index contributed by atoms with van der Waals surface area (Å²) in [5, 5.41) is 17.2. The van der Waals surface area contributed by atoms with Gasteiger partial charge in [0.15, 0.2) is 0 Å². The van der Waals surface area contributed by atoms with E-state index in [4.69, 9.17) is 16.3 Å². The first-order valence-electron chi connectivity index (χ1n) is 8.31. The molecule has 2 heterocycles. The van der Waals surface area contributed by atoms with Crippen LogP contribution in [0.1, 0.15) is 23.2 Å². The fourth-order valence-corrected chi connectivity index (χ4v) is 3.31. The molecule has 0 saturated carbocycles. The number of halogens is 1. The summed E-state index contributed by atoms with van der Waals surface area (Å²) in [7, 11) is 1.72. The number of rotatable bonds is 5. The molecule has 0 atom stereocenters. The van der Waals surface area contributed by atoms with Crippen LogP contribution in [0.4, 0.5) is 0 Å². The fourth-order valence-electron chi connectivity index (χ4n) is 3.08. The van der Waals surface area contributed by atoms with Crippen LogP contribution in [0.15, 0.2) is 30.5 Å². The molecule has 8 heteroatoms. The van der Waals surface area contributed by atoms with Crippen molar-refractivity contribution in [2.75, 3.05) is 19.8 Å².